The van der Waals surface area contributed by atoms with Gasteiger partial charge in [-0.25, -0.2) is 0 Å². The van der Waals surface area contributed by atoms with Crippen molar-refractivity contribution in [3.63, 3.8) is 0 Å². The van der Waals surface area contributed by atoms with E-state index in [0.29, 0.717) is 0 Å². The lowest BCUT2D eigenvalue weighted by atomic mass is 9.92. The Morgan fingerprint density at radius 2 is 2.11 bits per heavy atom. The first-order valence-electron chi connectivity index (χ1n) is 7.43. The molecule has 0 radical (unpaired) electrons. The highest BCUT2D eigenvalue weighted by Gasteiger charge is 2.22. The number of nitrogens with one attached hydrogen (secondary N) is 1. The maximum atomic E-state index is 5.85. The quantitative estimate of drug-likeness (QED) is 0.890. The number of rotatable bonds is 5. The van der Waals surface area contributed by atoms with Crippen LogP contribution in [-0.2, 0) is 6.42 Å². The minimum atomic E-state index is 0.791. The van der Waals surface area contributed by atoms with Crippen molar-refractivity contribution in [2.45, 2.75) is 32.1 Å². The number of halogens is 1. The van der Waals surface area contributed by atoms with Crippen LogP contribution < -0.4 is 10.1 Å². The van der Waals surface area contributed by atoms with Crippen LogP contribution in [0.2, 0.25) is 0 Å². The van der Waals surface area contributed by atoms with Crippen molar-refractivity contribution >= 4 is 15.9 Å². The Kier molecular flexibility index (Phi) is 4.44. The molecule has 19 heavy (non-hydrogen) atoms. The third kappa shape index (κ3) is 3.96. The predicted molar refractivity (Wildman–Crippen MR) is 81.7 cm³/mol. The summed E-state index contributed by atoms with van der Waals surface area (Å²) in [7, 11) is 0. The molecule has 1 unspecified atom stereocenters. The summed E-state index contributed by atoms with van der Waals surface area (Å²) in [5.41, 5.74) is 1.42. The molecule has 0 bridgehead atoms. The molecule has 0 aromatic heterocycles. The van der Waals surface area contributed by atoms with Crippen molar-refractivity contribution in [3.8, 4) is 5.75 Å². The van der Waals surface area contributed by atoms with Crippen molar-refractivity contribution in [1.29, 1.82) is 0 Å². The maximum Gasteiger partial charge on any atom is 0.133 e. The van der Waals surface area contributed by atoms with E-state index in [0.717, 1.165) is 35.2 Å². The molecule has 1 aliphatic carbocycles. The van der Waals surface area contributed by atoms with Gasteiger partial charge in [-0.2, -0.15) is 0 Å². The molecule has 3 rings (SSSR count). The van der Waals surface area contributed by atoms with E-state index in [1.54, 1.807) is 0 Å². The van der Waals surface area contributed by atoms with Crippen molar-refractivity contribution < 1.29 is 4.74 Å². The van der Waals surface area contributed by atoms with E-state index in [2.05, 4.69) is 39.4 Å². The first-order chi connectivity index (χ1) is 9.31. The second-order valence-electron chi connectivity index (χ2n) is 5.94. The summed E-state index contributed by atoms with van der Waals surface area (Å²) >= 11 is 3.64. The van der Waals surface area contributed by atoms with Crippen LogP contribution >= 0.6 is 15.9 Å². The minimum absolute atomic E-state index is 0.791. The topological polar surface area (TPSA) is 21.3 Å². The second kappa shape index (κ2) is 6.27. The minimum Gasteiger partial charge on any atom is -0.492 e. The summed E-state index contributed by atoms with van der Waals surface area (Å²) in [6.45, 7) is 3.23. The van der Waals surface area contributed by atoms with Crippen LogP contribution in [0.5, 0.6) is 5.75 Å². The van der Waals surface area contributed by atoms with Crippen molar-refractivity contribution in [3.05, 3.63) is 28.2 Å². The van der Waals surface area contributed by atoms with Crippen molar-refractivity contribution in [2.75, 3.05) is 19.7 Å². The number of ether oxygens (including phenoxy) is 1. The Morgan fingerprint density at radius 3 is 2.79 bits per heavy atom. The fourth-order valence-corrected chi connectivity index (χ4v) is 3.25. The summed E-state index contributed by atoms with van der Waals surface area (Å²) in [5.74, 6) is 2.59. The first kappa shape index (κ1) is 13.4. The number of hydrogen-bond acceptors (Lipinski definition) is 2. The highest BCUT2D eigenvalue weighted by Crippen LogP contribution is 2.32. The first-order valence-corrected chi connectivity index (χ1v) is 8.22. The maximum absolute atomic E-state index is 5.85. The molecule has 1 heterocycles. The van der Waals surface area contributed by atoms with Crippen LogP contribution in [0.3, 0.4) is 0 Å². The summed E-state index contributed by atoms with van der Waals surface area (Å²) in [6.07, 6.45) is 6.52. The summed E-state index contributed by atoms with van der Waals surface area (Å²) < 4.78 is 6.95. The number of piperidine rings is 1. The lowest BCUT2D eigenvalue weighted by Crippen LogP contribution is -2.30. The molecule has 1 N–H and O–H groups in total. The molecule has 2 fully saturated rings. The smallest absolute Gasteiger partial charge is 0.133 e. The van der Waals surface area contributed by atoms with Crippen molar-refractivity contribution in [1.82, 2.24) is 5.32 Å². The Bertz CT molecular complexity index is 425. The van der Waals surface area contributed by atoms with Crippen molar-refractivity contribution in [2.24, 2.45) is 11.8 Å². The molecule has 2 nitrogen and oxygen atoms in total. The zero-order chi connectivity index (χ0) is 13.1. The van der Waals surface area contributed by atoms with Gasteiger partial charge in [0, 0.05) is 0 Å². The van der Waals surface area contributed by atoms with Gasteiger partial charge >= 0.3 is 0 Å². The fourth-order valence-electron chi connectivity index (χ4n) is 2.71. The van der Waals surface area contributed by atoms with E-state index in [-0.39, 0.29) is 0 Å². The van der Waals surface area contributed by atoms with Gasteiger partial charge in [-0.05, 0) is 90.7 Å². The number of benzene rings is 1. The van der Waals surface area contributed by atoms with E-state index in [4.69, 9.17) is 4.74 Å². The van der Waals surface area contributed by atoms with Gasteiger partial charge in [-0.15, -0.1) is 0 Å². The molecule has 1 aliphatic heterocycles. The summed E-state index contributed by atoms with van der Waals surface area (Å²) in [4.78, 5) is 0. The third-order valence-electron chi connectivity index (χ3n) is 4.09. The zero-order valence-corrected chi connectivity index (χ0v) is 12.9. The standard InChI is InChI=1S/C16H22BrNO/c17-15-9-13(8-14-2-1-7-18-10-14)5-6-16(15)19-11-12-3-4-12/h5-6,9,12,14,18H,1-4,7-8,10-11H2. The van der Waals surface area contributed by atoms with Gasteiger partial charge in [0.25, 0.3) is 0 Å². The molecular formula is C16H22BrNO. The molecule has 0 spiro atoms. The molecule has 1 saturated carbocycles. The Hall–Kier alpha value is -0.540. The predicted octanol–water partition coefficient (Wildman–Crippen LogP) is 3.78. The van der Waals surface area contributed by atoms with Gasteiger partial charge < -0.3 is 10.1 Å². The highest BCUT2D eigenvalue weighted by atomic mass is 79.9. The fraction of sp³-hybridized carbons (Fsp3) is 0.625. The van der Waals surface area contributed by atoms with Gasteiger partial charge in [0.2, 0.25) is 0 Å². The van der Waals surface area contributed by atoms with E-state index in [1.165, 1.54) is 44.2 Å². The highest BCUT2D eigenvalue weighted by molar-refractivity contribution is 9.10. The lowest BCUT2D eigenvalue weighted by Gasteiger charge is -2.23. The molecule has 2 aliphatic rings. The molecule has 0 amide bonds. The van der Waals surface area contributed by atoms with E-state index < -0.39 is 0 Å². The zero-order valence-electron chi connectivity index (χ0n) is 11.3. The van der Waals surface area contributed by atoms with Crippen LogP contribution in [0.25, 0.3) is 0 Å². The van der Waals surface area contributed by atoms with E-state index >= 15 is 0 Å². The van der Waals surface area contributed by atoms with Gasteiger partial charge in [0.15, 0.2) is 0 Å². The number of hydrogen-bond donors (Lipinski definition) is 1. The molecular weight excluding hydrogens is 302 g/mol. The normalized spacial score (nSPS) is 23.3. The largest absolute Gasteiger partial charge is 0.492 e. The third-order valence-corrected chi connectivity index (χ3v) is 4.71. The Balaban J connectivity index is 1.57. The molecule has 1 saturated heterocycles. The Morgan fingerprint density at radius 1 is 1.21 bits per heavy atom. The van der Waals surface area contributed by atoms with Crippen LogP contribution in [0.15, 0.2) is 22.7 Å². The monoisotopic (exact) mass is 323 g/mol. The molecule has 1 aromatic rings. The van der Waals surface area contributed by atoms with E-state index in [1.807, 2.05) is 0 Å². The average molecular weight is 324 g/mol. The average Bonchev–Trinajstić information content (AvgIpc) is 3.23. The summed E-state index contributed by atoms with van der Waals surface area (Å²) in [5, 5.41) is 3.48. The van der Waals surface area contributed by atoms with Gasteiger partial charge in [-0.1, -0.05) is 6.07 Å². The Labute approximate surface area is 124 Å². The molecule has 104 valence electrons. The van der Waals surface area contributed by atoms with Crippen LogP contribution in [0.1, 0.15) is 31.2 Å². The second-order valence-corrected chi connectivity index (χ2v) is 6.79. The van der Waals surface area contributed by atoms with Crippen LogP contribution in [-0.4, -0.2) is 19.7 Å². The van der Waals surface area contributed by atoms with Gasteiger partial charge in [0.1, 0.15) is 5.75 Å². The van der Waals surface area contributed by atoms with E-state index in [9.17, 15) is 0 Å². The SMILES string of the molecule is Brc1cc(CC2CCCNC2)ccc1OCC1CC1. The summed E-state index contributed by atoms with van der Waals surface area (Å²) in [6, 6.07) is 6.58. The van der Waals surface area contributed by atoms with Gasteiger partial charge in [-0.3, -0.25) is 0 Å². The molecule has 3 heteroatoms. The van der Waals surface area contributed by atoms with Crippen LogP contribution in [0.4, 0.5) is 0 Å². The molecule has 1 aromatic carbocycles. The van der Waals surface area contributed by atoms with Gasteiger partial charge in [0.05, 0.1) is 11.1 Å². The lowest BCUT2D eigenvalue weighted by molar-refractivity contribution is 0.298. The molecule has 1 atom stereocenters. The van der Waals surface area contributed by atoms with Crippen LogP contribution in [0, 0.1) is 11.8 Å².